The predicted octanol–water partition coefficient (Wildman–Crippen LogP) is 4.87. The molecule has 0 saturated heterocycles. The molecule has 0 aliphatic heterocycles. The lowest BCUT2D eigenvalue weighted by atomic mass is 10.2. The van der Waals surface area contributed by atoms with Gasteiger partial charge in [-0.3, -0.25) is 4.79 Å². The van der Waals surface area contributed by atoms with Crippen LogP contribution in [0.5, 0.6) is 0 Å². The highest BCUT2D eigenvalue weighted by molar-refractivity contribution is 7.18. The minimum Gasteiger partial charge on any atom is -0.352 e. The van der Waals surface area contributed by atoms with Gasteiger partial charge < -0.3 is 5.32 Å². The highest BCUT2D eigenvalue weighted by atomic mass is 35.5. The van der Waals surface area contributed by atoms with E-state index in [0.29, 0.717) is 29.5 Å². The van der Waals surface area contributed by atoms with Gasteiger partial charge in [-0.25, -0.2) is 9.67 Å². The number of fused-ring (bicyclic) bond motifs is 1. The Bertz CT molecular complexity index is 1100. The van der Waals surface area contributed by atoms with Crippen LogP contribution < -0.4 is 5.32 Å². The number of nitrogens with zero attached hydrogens (tertiary/aromatic N) is 3. The van der Waals surface area contributed by atoms with Gasteiger partial charge >= 0.3 is 0 Å². The first-order valence-corrected chi connectivity index (χ1v) is 10.7. The summed E-state index contributed by atoms with van der Waals surface area (Å²) in [5.74, 6) is -0.184. The van der Waals surface area contributed by atoms with E-state index in [0.717, 1.165) is 28.9 Å². The topological polar surface area (TPSA) is 59.8 Å². The fraction of sp³-hybridized carbons (Fsp3) is 0.227. The lowest BCUT2D eigenvalue weighted by Crippen LogP contribution is -2.25. The largest absolute Gasteiger partial charge is 0.352 e. The summed E-state index contributed by atoms with van der Waals surface area (Å²) in [5.41, 5.74) is 3.20. The molecule has 4 aromatic rings. The van der Waals surface area contributed by atoms with E-state index < -0.39 is 0 Å². The van der Waals surface area contributed by atoms with E-state index in [9.17, 15) is 4.79 Å². The summed E-state index contributed by atoms with van der Waals surface area (Å²) in [7, 11) is 0. The van der Waals surface area contributed by atoms with E-state index in [1.807, 2.05) is 55.5 Å². The number of nitrogens with one attached hydrogen (secondary N) is 1. The van der Waals surface area contributed by atoms with Crippen molar-refractivity contribution in [1.29, 1.82) is 0 Å². The van der Waals surface area contributed by atoms with Crippen LogP contribution in [-0.4, -0.2) is 27.2 Å². The Morgan fingerprint density at radius 2 is 1.90 bits per heavy atom. The molecule has 0 bridgehead atoms. The van der Waals surface area contributed by atoms with Crippen molar-refractivity contribution in [2.75, 3.05) is 6.54 Å². The third-order valence-corrected chi connectivity index (χ3v) is 6.14. The normalized spacial score (nSPS) is 11.1. The van der Waals surface area contributed by atoms with Crippen LogP contribution in [0, 0.1) is 6.92 Å². The standard InChI is InChI=1S/C22H21ClN4OS/c1-15-20(21(23)27(26-15)14-16-8-3-2-4-9-16)22(28)24-13-7-12-19-25-17-10-5-6-11-18(17)29-19/h2-6,8-11H,7,12-14H2,1H3,(H,24,28). The van der Waals surface area contributed by atoms with Gasteiger partial charge in [-0.2, -0.15) is 5.10 Å². The molecule has 7 heteroatoms. The van der Waals surface area contributed by atoms with Crippen LogP contribution in [-0.2, 0) is 13.0 Å². The summed E-state index contributed by atoms with van der Waals surface area (Å²) < 4.78 is 2.86. The van der Waals surface area contributed by atoms with Crippen molar-refractivity contribution in [2.45, 2.75) is 26.3 Å². The first kappa shape index (κ1) is 19.6. The summed E-state index contributed by atoms with van der Waals surface area (Å²) in [6, 6.07) is 18.0. The van der Waals surface area contributed by atoms with Gasteiger partial charge in [0.25, 0.3) is 5.91 Å². The number of hydrogen-bond donors (Lipinski definition) is 1. The maximum absolute atomic E-state index is 12.6. The molecule has 2 aromatic heterocycles. The number of carbonyl (C=O) groups excluding carboxylic acids is 1. The molecule has 148 valence electrons. The van der Waals surface area contributed by atoms with Gasteiger partial charge in [0.1, 0.15) is 5.15 Å². The Balaban J connectivity index is 1.34. The van der Waals surface area contributed by atoms with Gasteiger partial charge in [0.15, 0.2) is 0 Å². The molecule has 0 unspecified atom stereocenters. The SMILES string of the molecule is Cc1nn(Cc2ccccc2)c(Cl)c1C(=O)NCCCc1nc2ccccc2s1. The molecule has 4 rings (SSSR count). The van der Waals surface area contributed by atoms with E-state index >= 15 is 0 Å². The van der Waals surface area contributed by atoms with Crippen molar-refractivity contribution in [3.05, 3.63) is 81.6 Å². The number of amides is 1. The Kier molecular flexibility index (Phi) is 5.92. The molecule has 0 fully saturated rings. The second-order valence-electron chi connectivity index (χ2n) is 6.83. The molecule has 0 saturated carbocycles. The molecule has 0 atom stereocenters. The Labute approximate surface area is 178 Å². The summed E-state index contributed by atoms with van der Waals surface area (Å²) in [6.45, 7) is 2.91. The minimum atomic E-state index is -0.184. The van der Waals surface area contributed by atoms with Crippen LogP contribution in [0.1, 0.15) is 33.0 Å². The molecule has 1 amide bonds. The number of rotatable bonds is 7. The zero-order valence-electron chi connectivity index (χ0n) is 16.1. The number of halogens is 1. The van der Waals surface area contributed by atoms with E-state index in [2.05, 4.69) is 21.5 Å². The molecule has 0 aliphatic carbocycles. The molecule has 29 heavy (non-hydrogen) atoms. The van der Waals surface area contributed by atoms with E-state index in [-0.39, 0.29) is 5.91 Å². The third kappa shape index (κ3) is 4.49. The second-order valence-corrected chi connectivity index (χ2v) is 8.30. The van der Waals surface area contributed by atoms with Crippen LogP contribution in [0.3, 0.4) is 0 Å². The van der Waals surface area contributed by atoms with E-state index in [1.54, 1.807) is 16.0 Å². The number of hydrogen-bond acceptors (Lipinski definition) is 4. The van der Waals surface area contributed by atoms with Crippen molar-refractivity contribution < 1.29 is 4.79 Å². The summed E-state index contributed by atoms with van der Waals surface area (Å²) in [6.07, 6.45) is 1.65. The van der Waals surface area contributed by atoms with Gasteiger partial charge in [0.2, 0.25) is 0 Å². The van der Waals surface area contributed by atoms with Crippen LogP contribution in [0.15, 0.2) is 54.6 Å². The van der Waals surface area contributed by atoms with Gasteiger partial charge in [0.05, 0.1) is 33.0 Å². The van der Waals surface area contributed by atoms with E-state index in [1.165, 1.54) is 4.70 Å². The number of para-hydroxylation sites is 1. The van der Waals surface area contributed by atoms with Crippen molar-refractivity contribution in [3.8, 4) is 0 Å². The quantitative estimate of drug-likeness (QED) is 0.431. The van der Waals surface area contributed by atoms with Crippen molar-refractivity contribution in [2.24, 2.45) is 0 Å². The average Bonchev–Trinajstić information content (AvgIpc) is 3.26. The van der Waals surface area contributed by atoms with Crippen LogP contribution >= 0.6 is 22.9 Å². The maximum atomic E-state index is 12.6. The van der Waals surface area contributed by atoms with Crippen molar-refractivity contribution in [1.82, 2.24) is 20.1 Å². The summed E-state index contributed by atoms with van der Waals surface area (Å²) >= 11 is 8.16. The van der Waals surface area contributed by atoms with Crippen LogP contribution in [0.25, 0.3) is 10.2 Å². The van der Waals surface area contributed by atoms with Crippen LogP contribution in [0.2, 0.25) is 5.15 Å². The molecule has 2 heterocycles. The number of aryl methyl sites for hydroxylation is 2. The monoisotopic (exact) mass is 424 g/mol. The Morgan fingerprint density at radius 1 is 1.14 bits per heavy atom. The number of carbonyl (C=O) groups is 1. The van der Waals surface area contributed by atoms with Crippen molar-refractivity contribution >= 4 is 39.1 Å². The summed E-state index contributed by atoms with van der Waals surface area (Å²) in [5, 5.41) is 8.86. The lowest BCUT2D eigenvalue weighted by Gasteiger charge is -2.05. The first-order chi connectivity index (χ1) is 14.1. The zero-order valence-corrected chi connectivity index (χ0v) is 17.6. The molecule has 0 radical (unpaired) electrons. The molecule has 5 nitrogen and oxygen atoms in total. The van der Waals surface area contributed by atoms with Gasteiger partial charge in [0, 0.05) is 13.0 Å². The number of benzene rings is 2. The minimum absolute atomic E-state index is 0.184. The molecule has 1 N–H and O–H groups in total. The Hall–Kier alpha value is -2.70. The predicted molar refractivity (Wildman–Crippen MR) is 118 cm³/mol. The smallest absolute Gasteiger partial charge is 0.256 e. The molecule has 0 spiro atoms. The fourth-order valence-electron chi connectivity index (χ4n) is 3.23. The Morgan fingerprint density at radius 3 is 2.69 bits per heavy atom. The fourth-order valence-corrected chi connectivity index (χ4v) is 4.56. The van der Waals surface area contributed by atoms with Gasteiger partial charge in [-0.1, -0.05) is 54.1 Å². The highest BCUT2D eigenvalue weighted by Crippen LogP contribution is 2.23. The molecular formula is C22H21ClN4OS. The van der Waals surface area contributed by atoms with Gasteiger partial charge in [-0.05, 0) is 31.0 Å². The molecular weight excluding hydrogens is 404 g/mol. The maximum Gasteiger partial charge on any atom is 0.256 e. The highest BCUT2D eigenvalue weighted by Gasteiger charge is 2.20. The lowest BCUT2D eigenvalue weighted by molar-refractivity contribution is 0.0952. The van der Waals surface area contributed by atoms with Crippen molar-refractivity contribution in [3.63, 3.8) is 0 Å². The number of thiazole rings is 1. The summed E-state index contributed by atoms with van der Waals surface area (Å²) in [4.78, 5) is 17.3. The third-order valence-electron chi connectivity index (χ3n) is 4.66. The molecule has 2 aromatic carbocycles. The molecule has 0 aliphatic rings. The van der Waals surface area contributed by atoms with Gasteiger partial charge in [-0.15, -0.1) is 11.3 Å². The van der Waals surface area contributed by atoms with Crippen LogP contribution in [0.4, 0.5) is 0 Å². The van der Waals surface area contributed by atoms with E-state index in [4.69, 9.17) is 11.6 Å². The second kappa shape index (κ2) is 8.76. The average molecular weight is 425 g/mol. The first-order valence-electron chi connectivity index (χ1n) is 9.51. The zero-order chi connectivity index (χ0) is 20.2. The number of aromatic nitrogens is 3.